The lowest BCUT2D eigenvalue weighted by Crippen LogP contribution is -2.13. The Morgan fingerprint density at radius 3 is 2.23 bits per heavy atom. The van der Waals surface area contributed by atoms with Crippen LogP contribution >= 0.6 is 23.2 Å². The van der Waals surface area contributed by atoms with Crippen LogP contribution in [0.4, 0.5) is 10.1 Å². The van der Waals surface area contributed by atoms with Crippen LogP contribution in [0.2, 0.25) is 10.0 Å². The zero-order chi connectivity index (χ0) is 16.5. The number of sulfone groups is 1. The molecule has 0 bridgehead atoms. The van der Waals surface area contributed by atoms with Crippen molar-refractivity contribution in [3.63, 3.8) is 0 Å². The minimum Gasteiger partial charge on any atom is -0.322 e. The molecule has 2 aromatic carbocycles. The van der Waals surface area contributed by atoms with Gasteiger partial charge < -0.3 is 5.32 Å². The van der Waals surface area contributed by atoms with E-state index in [1.807, 2.05) is 0 Å². The summed E-state index contributed by atoms with van der Waals surface area (Å²) in [4.78, 5) is 12.2. The number of hydrogen-bond donors (Lipinski definition) is 1. The largest absolute Gasteiger partial charge is 0.322 e. The molecular weight excluding hydrogens is 352 g/mol. The summed E-state index contributed by atoms with van der Waals surface area (Å²) in [6.45, 7) is 0. The Morgan fingerprint density at radius 1 is 1.09 bits per heavy atom. The summed E-state index contributed by atoms with van der Waals surface area (Å²) in [6.07, 6.45) is 1.08. The Morgan fingerprint density at radius 2 is 1.68 bits per heavy atom. The number of anilines is 1. The predicted octanol–water partition coefficient (Wildman–Crippen LogP) is 3.79. The van der Waals surface area contributed by atoms with Gasteiger partial charge in [0.1, 0.15) is 5.82 Å². The smallest absolute Gasteiger partial charge is 0.257 e. The molecule has 0 aliphatic heterocycles. The molecule has 8 heteroatoms. The quantitative estimate of drug-likeness (QED) is 0.845. The fraction of sp³-hybridized carbons (Fsp3) is 0.0714. The number of amides is 1. The Labute approximate surface area is 136 Å². The molecule has 1 amide bonds. The second-order valence-corrected chi connectivity index (χ2v) is 7.33. The van der Waals surface area contributed by atoms with Gasteiger partial charge in [-0.15, -0.1) is 0 Å². The van der Waals surface area contributed by atoms with Gasteiger partial charge in [0.05, 0.1) is 20.5 Å². The van der Waals surface area contributed by atoms with Crippen molar-refractivity contribution in [2.75, 3.05) is 11.6 Å². The molecule has 22 heavy (non-hydrogen) atoms. The molecule has 0 aliphatic carbocycles. The Hall–Kier alpha value is -1.63. The maximum Gasteiger partial charge on any atom is 0.257 e. The standard InChI is InChI=1S/C14H10Cl2FNO3S/c1-22(20,21)9-4-2-8(3-5-9)18-14(19)10-6-13(17)12(16)7-11(10)15/h2-7H,1H3,(H,18,19). The molecule has 1 N–H and O–H groups in total. The predicted molar refractivity (Wildman–Crippen MR) is 83.9 cm³/mol. The normalized spacial score (nSPS) is 11.3. The molecule has 0 aliphatic rings. The number of benzene rings is 2. The van der Waals surface area contributed by atoms with Crippen molar-refractivity contribution >= 4 is 44.6 Å². The molecule has 0 radical (unpaired) electrons. The Kier molecular flexibility index (Phi) is 4.75. The molecule has 0 saturated heterocycles. The highest BCUT2D eigenvalue weighted by Crippen LogP contribution is 2.25. The summed E-state index contributed by atoms with van der Waals surface area (Å²) in [5.74, 6) is -1.39. The van der Waals surface area contributed by atoms with Crippen LogP contribution in [0.15, 0.2) is 41.3 Å². The van der Waals surface area contributed by atoms with Gasteiger partial charge in [-0.3, -0.25) is 4.79 Å². The van der Waals surface area contributed by atoms with E-state index in [9.17, 15) is 17.6 Å². The molecule has 0 atom stereocenters. The number of halogens is 3. The SMILES string of the molecule is CS(=O)(=O)c1ccc(NC(=O)c2cc(F)c(Cl)cc2Cl)cc1. The summed E-state index contributed by atoms with van der Waals surface area (Å²) in [6, 6.07) is 7.64. The number of rotatable bonds is 3. The van der Waals surface area contributed by atoms with Crippen LogP contribution in [-0.2, 0) is 9.84 Å². The highest BCUT2D eigenvalue weighted by Gasteiger charge is 2.15. The van der Waals surface area contributed by atoms with Gasteiger partial charge in [0, 0.05) is 11.9 Å². The van der Waals surface area contributed by atoms with Crippen LogP contribution in [0, 0.1) is 5.82 Å². The zero-order valence-electron chi connectivity index (χ0n) is 11.2. The van der Waals surface area contributed by atoms with Crippen molar-refractivity contribution in [3.05, 3.63) is 57.8 Å². The number of nitrogens with one attached hydrogen (secondary N) is 1. The second-order valence-electron chi connectivity index (χ2n) is 4.50. The van der Waals surface area contributed by atoms with Crippen LogP contribution in [0.1, 0.15) is 10.4 Å². The molecular formula is C14H10Cl2FNO3S. The molecule has 0 saturated carbocycles. The average Bonchev–Trinajstić information content (AvgIpc) is 2.42. The zero-order valence-corrected chi connectivity index (χ0v) is 13.6. The van der Waals surface area contributed by atoms with Crippen LogP contribution in [0.3, 0.4) is 0 Å². The molecule has 0 spiro atoms. The highest BCUT2D eigenvalue weighted by molar-refractivity contribution is 7.90. The van der Waals surface area contributed by atoms with Gasteiger partial charge in [0.15, 0.2) is 9.84 Å². The Balaban J connectivity index is 2.24. The van der Waals surface area contributed by atoms with Crippen LogP contribution in [0.5, 0.6) is 0 Å². The van der Waals surface area contributed by atoms with Crippen LogP contribution in [0.25, 0.3) is 0 Å². The molecule has 0 fully saturated rings. The van der Waals surface area contributed by atoms with Crippen molar-refractivity contribution in [2.45, 2.75) is 4.90 Å². The number of hydrogen-bond acceptors (Lipinski definition) is 3. The van der Waals surface area contributed by atoms with Gasteiger partial charge in [0.25, 0.3) is 5.91 Å². The molecule has 116 valence electrons. The monoisotopic (exact) mass is 361 g/mol. The minimum atomic E-state index is -3.32. The van der Waals surface area contributed by atoms with Crippen LogP contribution in [-0.4, -0.2) is 20.6 Å². The maximum atomic E-state index is 13.4. The van der Waals surface area contributed by atoms with Crippen molar-refractivity contribution in [3.8, 4) is 0 Å². The van der Waals surface area contributed by atoms with E-state index in [4.69, 9.17) is 23.2 Å². The van der Waals surface area contributed by atoms with E-state index in [-0.39, 0.29) is 20.5 Å². The first-order valence-corrected chi connectivity index (χ1v) is 8.59. The van der Waals surface area contributed by atoms with Gasteiger partial charge >= 0.3 is 0 Å². The average molecular weight is 362 g/mol. The fourth-order valence-corrected chi connectivity index (χ4v) is 2.78. The number of carbonyl (C=O) groups is 1. The third kappa shape index (κ3) is 3.76. The topological polar surface area (TPSA) is 63.2 Å². The lowest BCUT2D eigenvalue weighted by Gasteiger charge is -2.08. The van der Waals surface area contributed by atoms with E-state index in [0.29, 0.717) is 5.69 Å². The van der Waals surface area contributed by atoms with E-state index < -0.39 is 21.6 Å². The first-order valence-electron chi connectivity index (χ1n) is 5.94. The minimum absolute atomic E-state index is 0.0108. The summed E-state index contributed by atoms with van der Waals surface area (Å²) in [7, 11) is -3.32. The third-order valence-corrected chi connectivity index (χ3v) is 4.53. The maximum absolute atomic E-state index is 13.4. The number of carbonyl (C=O) groups excluding carboxylic acids is 1. The van der Waals surface area contributed by atoms with Gasteiger partial charge in [0.2, 0.25) is 0 Å². The fourth-order valence-electron chi connectivity index (χ4n) is 1.68. The van der Waals surface area contributed by atoms with Gasteiger partial charge in [-0.05, 0) is 36.4 Å². The first-order chi connectivity index (χ1) is 10.2. The lowest BCUT2D eigenvalue weighted by atomic mass is 10.2. The summed E-state index contributed by atoms with van der Waals surface area (Å²) >= 11 is 11.4. The van der Waals surface area contributed by atoms with Crippen molar-refractivity contribution in [1.82, 2.24) is 0 Å². The molecule has 4 nitrogen and oxygen atoms in total. The van der Waals surface area contributed by atoms with E-state index >= 15 is 0 Å². The second kappa shape index (κ2) is 6.24. The van der Waals surface area contributed by atoms with Gasteiger partial charge in [-0.25, -0.2) is 12.8 Å². The summed E-state index contributed by atoms with van der Waals surface area (Å²) in [5, 5.41) is 2.33. The molecule has 0 unspecified atom stereocenters. The first kappa shape index (κ1) is 16.7. The van der Waals surface area contributed by atoms with Gasteiger partial charge in [-0.2, -0.15) is 0 Å². The summed E-state index contributed by atoms with van der Waals surface area (Å²) < 4.78 is 36.1. The highest BCUT2D eigenvalue weighted by atomic mass is 35.5. The molecule has 0 aromatic heterocycles. The third-order valence-electron chi connectivity index (χ3n) is 2.79. The molecule has 2 aromatic rings. The van der Waals surface area contributed by atoms with Gasteiger partial charge in [-0.1, -0.05) is 23.2 Å². The van der Waals surface area contributed by atoms with E-state index in [2.05, 4.69) is 5.32 Å². The lowest BCUT2D eigenvalue weighted by molar-refractivity contribution is 0.102. The van der Waals surface area contributed by atoms with Crippen molar-refractivity contribution in [1.29, 1.82) is 0 Å². The van der Waals surface area contributed by atoms with E-state index in [1.165, 1.54) is 24.3 Å². The summed E-state index contributed by atoms with van der Waals surface area (Å²) in [5.41, 5.74) is 0.277. The van der Waals surface area contributed by atoms with Crippen LogP contribution < -0.4 is 5.32 Å². The molecule has 2 rings (SSSR count). The molecule has 0 heterocycles. The Bertz CT molecular complexity index is 836. The van der Waals surface area contributed by atoms with Crippen molar-refractivity contribution < 1.29 is 17.6 Å². The van der Waals surface area contributed by atoms with E-state index in [1.54, 1.807) is 0 Å². The van der Waals surface area contributed by atoms with E-state index in [0.717, 1.165) is 18.4 Å². The van der Waals surface area contributed by atoms with Crippen molar-refractivity contribution in [2.24, 2.45) is 0 Å².